The van der Waals surface area contributed by atoms with Crippen LogP contribution in [0, 0.1) is 0 Å². The molecule has 0 saturated carbocycles. The van der Waals surface area contributed by atoms with Gasteiger partial charge in [0.05, 0.1) is 6.61 Å². The topological polar surface area (TPSA) is 122 Å². The summed E-state index contributed by atoms with van der Waals surface area (Å²) in [6, 6.07) is -0.611. The highest BCUT2D eigenvalue weighted by Crippen LogP contribution is 1.97. The van der Waals surface area contributed by atoms with Crippen LogP contribution in [-0.2, 0) is 14.3 Å². The van der Waals surface area contributed by atoms with Crippen LogP contribution in [0.25, 0.3) is 0 Å². The number of primary amides is 1. The van der Waals surface area contributed by atoms with Gasteiger partial charge in [-0.1, -0.05) is 0 Å². The number of nitrogens with one attached hydrogen (secondary N) is 1. The number of carboxylic acid groups (broad SMARTS) is 1. The molecular weight excluding hydrogens is 242 g/mol. The monoisotopic (exact) mass is 261 g/mol. The summed E-state index contributed by atoms with van der Waals surface area (Å²) in [6.07, 6.45) is 0. The van der Waals surface area contributed by atoms with Gasteiger partial charge in [0.25, 0.3) is 0 Å². The SMILES string of the molecule is CC(C)N(CC(N)=O)C(=O)NCCOCC(=O)O. The number of urea groups is 1. The third kappa shape index (κ3) is 7.44. The average molecular weight is 261 g/mol. The molecule has 0 aliphatic carbocycles. The number of aliphatic carboxylic acids is 1. The lowest BCUT2D eigenvalue weighted by atomic mass is 10.3. The number of nitrogens with two attached hydrogens (primary N) is 1. The highest BCUT2D eigenvalue weighted by atomic mass is 16.5. The van der Waals surface area contributed by atoms with Crippen molar-refractivity contribution in [3.05, 3.63) is 0 Å². The Hall–Kier alpha value is -1.83. The predicted octanol–water partition coefficient (Wildman–Crippen LogP) is -1.01. The van der Waals surface area contributed by atoms with Crippen LogP contribution in [0.15, 0.2) is 0 Å². The van der Waals surface area contributed by atoms with Gasteiger partial charge in [0.2, 0.25) is 5.91 Å². The second-order valence-corrected chi connectivity index (χ2v) is 3.87. The van der Waals surface area contributed by atoms with Crippen LogP contribution in [0.3, 0.4) is 0 Å². The van der Waals surface area contributed by atoms with Crippen LogP contribution >= 0.6 is 0 Å². The van der Waals surface area contributed by atoms with Crippen molar-refractivity contribution in [3.8, 4) is 0 Å². The summed E-state index contributed by atoms with van der Waals surface area (Å²) < 4.78 is 4.74. The standard InChI is InChI=1S/C10H19N3O5/c1-7(2)13(5-8(11)14)10(17)12-3-4-18-6-9(15)16/h7H,3-6H2,1-2H3,(H2,11,14)(H,12,17)(H,15,16). The van der Waals surface area contributed by atoms with E-state index in [1.165, 1.54) is 4.90 Å². The normalized spacial score (nSPS) is 10.2. The number of hydrogen-bond donors (Lipinski definition) is 3. The van der Waals surface area contributed by atoms with Crippen LogP contribution in [0.1, 0.15) is 13.8 Å². The van der Waals surface area contributed by atoms with Gasteiger partial charge in [-0.3, -0.25) is 4.79 Å². The first-order valence-electron chi connectivity index (χ1n) is 5.47. The zero-order chi connectivity index (χ0) is 14.1. The van der Waals surface area contributed by atoms with Crippen molar-refractivity contribution in [2.45, 2.75) is 19.9 Å². The van der Waals surface area contributed by atoms with E-state index in [-0.39, 0.29) is 25.7 Å². The third-order valence-corrected chi connectivity index (χ3v) is 1.96. The van der Waals surface area contributed by atoms with E-state index in [9.17, 15) is 14.4 Å². The molecule has 0 rings (SSSR count). The summed E-state index contributed by atoms with van der Waals surface area (Å²) >= 11 is 0. The molecule has 0 radical (unpaired) electrons. The first-order valence-corrected chi connectivity index (χ1v) is 5.47. The fourth-order valence-corrected chi connectivity index (χ4v) is 1.15. The van der Waals surface area contributed by atoms with Gasteiger partial charge in [-0.2, -0.15) is 0 Å². The minimum atomic E-state index is -1.07. The molecule has 0 bridgehead atoms. The zero-order valence-corrected chi connectivity index (χ0v) is 10.5. The molecule has 0 unspecified atom stereocenters. The van der Waals surface area contributed by atoms with Crippen molar-refractivity contribution >= 4 is 17.9 Å². The minimum absolute atomic E-state index is 0.0839. The predicted molar refractivity (Wildman–Crippen MR) is 62.9 cm³/mol. The van der Waals surface area contributed by atoms with E-state index in [0.717, 1.165) is 0 Å². The van der Waals surface area contributed by atoms with Crippen molar-refractivity contribution in [3.63, 3.8) is 0 Å². The van der Waals surface area contributed by atoms with E-state index < -0.39 is 24.5 Å². The summed E-state index contributed by atoms with van der Waals surface area (Å²) in [5, 5.41) is 10.8. The van der Waals surface area contributed by atoms with E-state index in [2.05, 4.69) is 5.32 Å². The summed E-state index contributed by atoms with van der Waals surface area (Å²) in [6.45, 7) is 3.17. The lowest BCUT2D eigenvalue weighted by Crippen LogP contribution is -2.48. The van der Waals surface area contributed by atoms with Gasteiger partial charge in [-0.05, 0) is 13.8 Å². The van der Waals surface area contributed by atoms with Crippen molar-refractivity contribution in [1.82, 2.24) is 10.2 Å². The molecule has 0 atom stereocenters. The van der Waals surface area contributed by atoms with Crippen molar-refractivity contribution < 1.29 is 24.2 Å². The fraction of sp³-hybridized carbons (Fsp3) is 0.700. The summed E-state index contributed by atoms with van der Waals surface area (Å²) in [4.78, 5) is 33.9. The molecule has 0 aliphatic heterocycles. The van der Waals surface area contributed by atoms with Crippen molar-refractivity contribution in [2.75, 3.05) is 26.3 Å². The summed E-state index contributed by atoms with van der Waals surface area (Å²) in [5.41, 5.74) is 5.03. The van der Waals surface area contributed by atoms with Crippen LogP contribution in [0.5, 0.6) is 0 Å². The lowest BCUT2D eigenvalue weighted by molar-refractivity contribution is -0.142. The van der Waals surface area contributed by atoms with Crippen LogP contribution in [0.2, 0.25) is 0 Å². The zero-order valence-electron chi connectivity index (χ0n) is 10.5. The fourth-order valence-electron chi connectivity index (χ4n) is 1.15. The Labute approximate surface area is 105 Å². The Morgan fingerprint density at radius 3 is 2.44 bits per heavy atom. The van der Waals surface area contributed by atoms with E-state index in [0.29, 0.717) is 0 Å². The van der Waals surface area contributed by atoms with Crippen LogP contribution in [0.4, 0.5) is 4.79 Å². The number of hydrogen-bond acceptors (Lipinski definition) is 4. The average Bonchev–Trinajstić information content (AvgIpc) is 2.24. The maximum atomic E-state index is 11.7. The highest BCUT2D eigenvalue weighted by molar-refractivity contribution is 5.83. The molecule has 0 aliphatic rings. The molecule has 3 amide bonds. The van der Waals surface area contributed by atoms with Gasteiger partial charge < -0.3 is 25.8 Å². The van der Waals surface area contributed by atoms with Crippen LogP contribution in [-0.4, -0.2) is 60.3 Å². The molecule has 18 heavy (non-hydrogen) atoms. The Balaban J connectivity index is 3.96. The number of nitrogens with zero attached hydrogens (tertiary/aromatic N) is 1. The Kier molecular flexibility index (Phi) is 7.45. The molecule has 4 N–H and O–H groups in total. The molecule has 0 fully saturated rings. The first-order chi connectivity index (χ1) is 8.34. The summed E-state index contributed by atoms with van der Waals surface area (Å²) in [5.74, 6) is -1.67. The maximum Gasteiger partial charge on any atom is 0.329 e. The Morgan fingerprint density at radius 1 is 1.39 bits per heavy atom. The molecule has 0 spiro atoms. The highest BCUT2D eigenvalue weighted by Gasteiger charge is 2.18. The van der Waals surface area contributed by atoms with Gasteiger partial charge in [0.15, 0.2) is 0 Å². The molecule has 104 valence electrons. The quantitative estimate of drug-likeness (QED) is 0.483. The molecular formula is C10H19N3O5. The van der Waals surface area contributed by atoms with Crippen molar-refractivity contribution in [1.29, 1.82) is 0 Å². The second-order valence-electron chi connectivity index (χ2n) is 3.87. The third-order valence-electron chi connectivity index (χ3n) is 1.96. The van der Waals surface area contributed by atoms with Gasteiger partial charge in [0.1, 0.15) is 13.2 Å². The molecule has 8 nitrogen and oxygen atoms in total. The minimum Gasteiger partial charge on any atom is -0.480 e. The number of ether oxygens (including phenoxy) is 1. The van der Waals surface area contributed by atoms with E-state index >= 15 is 0 Å². The smallest absolute Gasteiger partial charge is 0.329 e. The lowest BCUT2D eigenvalue weighted by Gasteiger charge is -2.25. The van der Waals surface area contributed by atoms with Gasteiger partial charge >= 0.3 is 12.0 Å². The van der Waals surface area contributed by atoms with E-state index in [1.54, 1.807) is 13.8 Å². The van der Waals surface area contributed by atoms with Crippen LogP contribution < -0.4 is 11.1 Å². The van der Waals surface area contributed by atoms with Gasteiger partial charge in [-0.15, -0.1) is 0 Å². The molecule has 0 aromatic carbocycles. The molecule has 0 heterocycles. The largest absolute Gasteiger partial charge is 0.480 e. The first kappa shape index (κ1) is 16.2. The molecule has 0 aromatic heterocycles. The van der Waals surface area contributed by atoms with E-state index in [1.807, 2.05) is 0 Å². The summed E-state index contributed by atoms with van der Waals surface area (Å²) in [7, 11) is 0. The molecule has 0 saturated heterocycles. The number of carbonyl (C=O) groups is 3. The number of carboxylic acids is 1. The molecule has 0 aromatic rings. The van der Waals surface area contributed by atoms with Gasteiger partial charge in [0, 0.05) is 12.6 Å². The number of carbonyl (C=O) groups excluding carboxylic acids is 2. The van der Waals surface area contributed by atoms with Gasteiger partial charge in [-0.25, -0.2) is 9.59 Å². The number of rotatable bonds is 8. The van der Waals surface area contributed by atoms with Crippen molar-refractivity contribution in [2.24, 2.45) is 5.73 Å². The maximum absolute atomic E-state index is 11.7. The molecule has 8 heteroatoms. The number of amides is 3. The second kappa shape index (κ2) is 8.29. The van der Waals surface area contributed by atoms with E-state index in [4.69, 9.17) is 15.6 Å². The Morgan fingerprint density at radius 2 is 2.00 bits per heavy atom. The Bertz CT molecular complexity index is 306.